The molecule has 0 amide bonds. The Balaban J connectivity index is 2.27. The molecule has 1 aromatic heterocycles. The molecule has 3 nitrogen and oxygen atoms in total. The zero-order chi connectivity index (χ0) is 14.7. The van der Waals surface area contributed by atoms with Crippen LogP contribution in [-0.2, 0) is 6.42 Å². The molecule has 1 aromatic carbocycles. The van der Waals surface area contributed by atoms with Gasteiger partial charge in [0.15, 0.2) is 0 Å². The summed E-state index contributed by atoms with van der Waals surface area (Å²) in [5, 5.41) is 10.5. The van der Waals surface area contributed by atoms with Crippen LogP contribution in [0.25, 0.3) is 0 Å². The summed E-state index contributed by atoms with van der Waals surface area (Å²) in [7, 11) is 1.65. The van der Waals surface area contributed by atoms with Crippen molar-refractivity contribution in [3.8, 4) is 5.75 Å². The minimum Gasteiger partial charge on any atom is -0.496 e. The van der Waals surface area contributed by atoms with E-state index in [0.717, 1.165) is 33.8 Å². The fourth-order valence-electron chi connectivity index (χ4n) is 2.45. The Morgan fingerprint density at radius 1 is 1.10 bits per heavy atom. The van der Waals surface area contributed by atoms with Crippen LogP contribution >= 0.6 is 0 Å². The molecule has 3 heteroatoms. The smallest absolute Gasteiger partial charge is 0.122 e. The van der Waals surface area contributed by atoms with Crippen molar-refractivity contribution >= 4 is 0 Å². The summed E-state index contributed by atoms with van der Waals surface area (Å²) in [5.74, 6) is 0.817. The summed E-state index contributed by atoms with van der Waals surface area (Å²) in [5.41, 5.74) is 4.94. The number of aliphatic hydroxyl groups excluding tert-OH is 1. The number of methoxy groups -OCH3 is 1. The van der Waals surface area contributed by atoms with Crippen LogP contribution in [0.1, 0.15) is 34.2 Å². The van der Waals surface area contributed by atoms with Gasteiger partial charge in [0, 0.05) is 17.8 Å². The third-order valence-corrected chi connectivity index (χ3v) is 3.34. The van der Waals surface area contributed by atoms with Gasteiger partial charge in [0.1, 0.15) is 5.75 Å². The highest BCUT2D eigenvalue weighted by Crippen LogP contribution is 2.26. The number of aryl methyl sites for hydroxylation is 3. The molecule has 0 aliphatic carbocycles. The Labute approximate surface area is 120 Å². The summed E-state index contributed by atoms with van der Waals surface area (Å²) in [6, 6.07) is 9.87. The van der Waals surface area contributed by atoms with E-state index >= 15 is 0 Å². The lowest BCUT2D eigenvalue weighted by atomic mass is 9.99. The summed E-state index contributed by atoms with van der Waals surface area (Å²) in [6.07, 6.45) is -0.0144. The highest BCUT2D eigenvalue weighted by molar-refractivity contribution is 5.38. The molecule has 1 heterocycles. The van der Waals surface area contributed by atoms with Gasteiger partial charge in [-0.2, -0.15) is 0 Å². The molecule has 0 spiro atoms. The second kappa shape index (κ2) is 6.06. The number of aliphatic hydroxyl groups is 1. The molecular weight excluding hydrogens is 250 g/mol. The number of hydrogen-bond donors (Lipinski definition) is 1. The minimum absolute atomic E-state index is 0.535. The van der Waals surface area contributed by atoms with E-state index in [9.17, 15) is 5.11 Å². The van der Waals surface area contributed by atoms with Gasteiger partial charge in [0.2, 0.25) is 0 Å². The zero-order valence-corrected chi connectivity index (χ0v) is 12.5. The average Bonchev–Trinajstić information content (AvgIpc) is 2.37. The molecule has 1 unspecified atom stereocenters. The maximum absolute atomic E-state index is 10.5. The molecule has 0 aliphatic rings. The van der Waals surface area contributed by atoms with Crippen LogP contribution in [0.3, 0.4) is 0 Å². The third-order valence-electron chi connectivity index (χ3n) is 3.34. The van der Waals surface area contributed by atoms with Crippen molar-refractivity contribution in [1.29, 1.82) is 0 Å². The summed E-state index contributed by atoms with van der Waals surface area (Å²) < 4.78 is 5.36. The first-order chi connectivity index (χ1) is 9.49. The van der Waals surface area contributed by atoms with Crippen LogP contribution in [0, 0.1) is 20.8 Å². The quantitative estimate of drug-likeness (QED) is 0.927. The Morgan fingerprint density at radius 3 is 2.35 bits per heavy atom. The molecular formula is C17H21NO2. The van der Waals surface area contributed by atoms with Crippen LogP contribution in [0.2, 0.25) is 0 Å². The standard InChI is InChI=1S/C17H21NO2/c1-11-5-6-17(20-4)15(7-11)10-16(19)14-8-12(2)18-13(3)9-14/h5-9,16,19H,10H2,1-4H3. The van der Waals surface area contributed by atoms with Gasteiger partial charge >= 0.3 is 0 Å². The van der Waals surface area contributed by atoms with Crippen molar-refractivity contribution in [2.24, 2.45) is 0 Å². The normalized spacial score (nSPS) is 12.2. The molecule has 2 aromatic rings. The van der Waals surface area contributed by atoms with E-state index in [2.05, 4.69) is 11.1 Å². The summed E-state index contributed by atoms with van der Waals surface area (Å²) >= 11 is 0. The van der Waals surface area contributed by atoms with Crippen LogP contribution in [0.4, 0.5) is 0 Å². The molecule has 0 radical (unpaired) electrons. The largest absolute Gasteiger partial charge is 0.496 e. The van der Waals surface area contributed by atoms with Crippen LogP contribution < -0.4 is 4.74 Å². The second-order valence-corrected chi connectivity index (χ2v) is 5.22. The van der Waals surface area contributed by atoms with Crippen molar-refractivity contribution in [2.45, 2.75) is 33.3 Å². The van der Waals surface area contributed by atoms with E-state index in [1.165, 1.54) is 0 Å². The minimum atomic E-state index is -0.550. The van der Waals surface area contributed by atoms with Crippen LogP contribution in [0.15, 0.2) is 30.3 Å². The first kappa shape index (κ1) is 14.5. The van der Waals surface area contributed by atoms with E-state index in [4.69, 9.17) is 4.74 Å². The summed E-state index contributed by atoms with van der Waals surface area (Å²) in [6.45, 7) is 5.92. The van der Waals surface area contributed by atoms with E-state index in [1.54, 1.807) is 7.11 Å². The zero-order valence-electron chi connectivity index (χ0n) is 12.5. The molecule has 2 rings (SSSR count). The van der Waals surface area contributed by atoms with E-state index < -0.39 is 6.10 Å². The van der Waals surface area contributed by atoms with Gasteiger partial charge in [-0.25, -0.2) is 0 Å². The molecule has 0 fully saturated rings. The number of ether oxygens (including phenoxy) is 1. The van der Waals surface area contributed by atoms with Gasteiger partial charge in [-0.05, 0) is 50.1 Å². The van der Waals surface area contributed by atoms with Gasteiger partial charge in [-0.3, -0.25) is 4.98 Å². The van der Waals surface area contributed by atoms with Crippen molar-refractivity contribution in [2.75, 3.05) is 7.11 Å². The van der Waals surface area contributed by atoms with Crippen molar-refractivity contribution in [3.63, 3.8) is 0 Å². The van der Waals surface area contributed by atoms with E-state index in [0.29, 0.717) is 6.42 Å². The SMILES string of the molecule is COc1ccc(C)cc1CC(O)c1cc(C)nc(C)c1. The lowest BCUT2D eigenvalue weighted by molar-refractivity contribution is 0.177. The Kier molecular flexibility index (Phi) is 4.40. The Morgan fingerprint density at radius 2 is 1.75 bits per heavy atom. The molecule has 0 bridgehead atoms. The van der Waals surface area contributed by atoms with E-state index in [-0.39, 0.29) is 0 Å². The molecule has 0 saturated heterocycles. The predicted molar refractivity (Wildman–Crippen MR) is 80.1 cm³/mol. The lowest BCUT2D eigenvalue weighted by Crippen LogP contribution is -2.05. The second-order valence-electron chi connectivity index (χ2n) is 5.22. The van der Waals surface area contributed by atoms with Crippen molar-refractivity contribution < 1.29 is 9.84 Å². The predicted octanol–water partition coefficient (Wildman–Crippen LogP) is 3.29. The molecule has 1 N–H and O–H groups in total. The molecule has 106 valence electrons. The summed E-state index contributed by atoms with van der Waals surface area (Å²) in [4.78, 5) is 4.34. The Hall–Kier alpha value is -1.87. The number of benzene rings is 1. The number of aromatic nitrogens is 1. The molecule has 0 saturated carbocycles. The first-order valence-corrected chi connectivity index (χ1v) is 6.76. The molecule has 20 heavy (non-hydrogen) atoms. The van der Waals surface area contributed by atoms with Crippen molar-refractivity contribution in [1.82, 2.24) is 4.98 Å². The van der Waals surface area contributed by atoms with Gasteiger partial charge < -0.3 is 9.84 Å². The van der Waals surface area contributed by atoms with Crippen molar-refractivity contribution in [3.05, 3.63) is 58.4 Å². The molecule has 1 atom stereocenters. The number of rotatable bonds is 4. The Bertz CT molecular complexity index is 588. The monoisotopic (exact) mass is 271 g/mol. The van der Waals surface area contributed by atoms with Gasteiger partial charge in [0.05, 0.1) is 13.2 Å². The van der Waals surface area contributed by atoms with Gasteiger partial charge in [-0.1, -0.05) is 17.7 Å². The number of pyridine rings is 1. The van der Waals surface area contributed by atoms with Gasteiger partial charge in [-0.15, -0.1) is 0 Å². The number of hydrogen-bond acceptors (Lipinski definition) is 3. The third kappa shape index (κ3) is 3.36. The highest BCUT2D eigenvalue weighted by atomic mass is 16.5. The fourth-order valence-corrected chi connectivity index (χ4v) is 2.45. The maximum Gasteiger partial charge on any atom is 0.122 e. The maximum atomic E-state index is 10.5. The van der Waals surface area contributed by atoms with Crippen LogP contribution in [-0.4, -0.2) is 17.2 Å². The van der Waals surface area contributed by atoms with Gasteiger partial charge in [0.25, 0.3) is 0 Å². The van der Waals surface area contributed by atoms with E-state index in [1.807, 2.05) is 45.0 Å². The number of nitrogens with zero attached hydrogens (tertiary/aromatic N) is 1. The topological polar surface area (TPSA) is 42.4 Å². The lowest BCUT2D eigenvalue weighted by Gasteiger charge is -2.15. The van der Waals surface area contributed by atoms with Crippen LogP contribution in [0.5, 0.6) is 5.75 Å². The first-order valence-electron chi connectivity index (χ1n) is 6.76. The highest BCUT2D eigenvalue weighted by Gasteiger charge is 2.13. The fraction of sp³-hybridized carbons (Fsp3) is 0.353. The average molecular weight is 271 g/mol. The molecule has 0 aliphatic heterocycles.